The molecule has 2 aromatic heterocycles. The van der Waals surface area contributed by atoms with Crippen molar-refractivity contribution in [2.75, 3.05) is 26.6 Å². The Kier molecular flexibility index (Phi) is 6.31. The Hall–Kier alpha value is -4.72. The molecule has 0 saturated heterocycles. The second-order valence-corrected chi connectivity index (χ2v) is 8.60. The summed E-state index contributed by atoms with van der Waals surface area (Å²) in [5, 5.41) is 3.70. The van der Waals surface area contributed by atoms with Gasteiger partial charge in [-0.1, -0.05) is 18.2 Å². The highest BCUT2D eigenvalue weighted by Crippen LogP contribution is 2.42. The normalized spacial score (nSPS) is 11.6. The van der Waals surface area contributed by atoms with Gasteiger partial charge in [-0.05, 0) is 55.3 Å². The third kappa shape index (κ3) is 4.38. The number of imidazole rings is 1. The first kappa shape index (κ1) is 24.0. The average molecular weight is 498 g/mol. The van der Waals surface area contributed by atoms with Crippen molar-refractivity contribution in [1.29, 1.82) is 0 Å². The first-order valence-electron chi connectivity index (χ1n) is 11.7. The Morgan fingerprint density at radius 1 is 1.03 bits per heavy atom. The number of hydrogen-bond acceptors (Lipinski definition) is 6. The molecule has 0 unspecified atom stereocenters. The lowest BCUT2D eigenvalue weighted by Gasteiger charge is -2.13. The third-order valence-corrected chi connectivity index (χ3v) is 6.35. The van der Waals surface area contributed by atoms with Gasteiger partial charge in [-0.2, -0.15) is 0 Å². The molecule has 3 aromatic carbocycles. The van der Waals surface area contributed by atoms with E-state index in [4.69, 9.17) is 18.6 Å². The number of methoxy groups -OCH3 is 3. The number of ether oxygens (including phenoxy) is 3. The van der Waals surface area contributed by atoms with Gasteiger partial charge in [-0.3, -0.25) is 10.1 Å². The average Bonchev–Trinajstić information content (AvgIpc) is 3.51. The van der Waals surface area contributed by atoms with Crippen molar-refractivity contribution in [3.05, 3.63) is 72.0 Å². The summed E-state index contributed by atoms with van der Waals surface area (Å²) in [5.74, 6) is 2.00. The number of aryl methyl sites for hydroxylation is 1. The van der Waals surface area contributed by atoms with Crippen LogP contribution in [0.5, 0.6) is 17.2 Å². The molecule has 0 bridgehead atoms. The predicted molar refractivity (Wildman–Crippen MR) is 144 cm³/mol. The maximum Gasteiger partial charge on any atom is 0.250 e. The molecule has 37 heavy (non-hydrogen) atoms. The maximum absolute atomic E-state index is 12.9. The molecule has 2 heterocycles. The number of carbonyl (C=O) groups is 1. The summed E-state index contributed by atoms with van der Waals surface area (Å²) in [7, 11) is 4.82. The van der Waals surface area contributed by atoms with Crippen LogP contribution in [0.15, 0.2) is 65.3 Å². The monoisotopic (exact) mass is 497 g/mol. The van der Waals surface area contributed by atoms with Crippen molar-refractivity contribution in [3.63, 3.8) is 0 Å². The molecular weight excluding hydrogens is 470 g/mol. The minimum absolute atomic E-state index is 0.302. The van der Waals surface area contributed by atoms with Gasteiger partial charge in [-0.15, -0.1) is 0 Å². The van der Waals surface area contributed by atoms with Crippen molar-refractivity contribution in [2.24, 2.45) is 0 Å². The van der Waals surface area contributed by atoms with E-state index in [0.29, 0.717) is 28.8 Å². The number of benzene rings is 3. The van der Waals surface area contributed by atoms with Crippen molar-refractivity contribution in [2.45, 2.75) is 13.8 Å². The smallest absolute Gasteiger partial charge is 0.250 e. The molecule has 0 spiro atoms. The van der Waals surface area contributed by atoms with Crippen LogP contribution >= 0.6 is 0 Å². The van der Waals surface area contributed by atoms with Gasteiger partial charge >= 0.3 is 0 Å². The molecule has 0 aliphatic heterocycles. The predicted octanol–water partition coefficient (Wildman–Crippen LogP) is 6.35. The van der Waals surface area contributed by atoms with Crippen LogP contribution in [-0.4, -0.2) is 37.2 Å². The molecular formula is C29H27N3O5. The van der Waals surface area contributed by atoms with Crippen LogP contribution < -0.4 is 19.5 Å². The number of nitrogens with one attached hydrogen (secondary N) is 2. The Morgan fingerprint density at radius 2 is 1.81 bits per heavy atom. The molecule has 0 aliphatic carbocycles. The summed E-state index contributed by atoms with van der Waals surface area (Å²) in [4.78, 5) is 20.4. The minimum atomic E-state index is -0.302. The number of furan rings is 1. The zero-order valence-corrected chi connectivity index (χ0v) is 21.3. The molecule has 8 heteroatoms. The molecule has 0 fully saturated rings. The summed E-state index contributed by atoms with van der Waals surface area (Å²) >= 11 is 0. The van der Waals surface area contributed by atoms with Gasteiger partial charge in [0.1, 0.15) is 11.3 Å². The van der Waals surface area contributed by atoms with Crippen LogP contribution in [0.1, 0.15) is 18.1 Å². The van der Waals surface area contributed by atoms with E-state index in [9.17, 15) is 4.79 Å². The zero-order chi connectivity index (χ0) is 26.1. The largest absolute Gasteiger partial charge is 0.496 e. The molecule has 0 saturated carbocycles. The molecule has 8 nitrogen and oxygen atoms in total. The quantitative estimate of drug-likeness (QED) is 0.254. The van der Waals surface area contributed by atoms with Crippen LogP contribution in [0, 0.1) is 6.92 Å². The van der Waals surface area contributed by atoms with Crippen LogP contribution in [0.2, 0.25) is 0 Å². The Labute approximate surface area is 213 Å². The number of aromatic amines is 1. The lowest BCUT2D eigenvalue weighted by atomic mass is 9.96. The van der Waals surface area contributed by atoms with Crippen LogP contribution in [0.25, 0.3) is 38.7 Å². The van der Waals surface area contributed by atoms with E-state index in [0.717, 1.165) is 44.2 Å². The number of carbonyl (C=O) groups excluding carboxylic acids is 1. The van der Waals surface area contributed by atoms with Gasteiger partial charge in [0.15, 0.2) is 11.5 Å². The first-order valence-corrected chi connectivity index (χ1v) is 11.7. The molecule has 5 aromatic rings. The summed E-state index contributed by atoms with van der Waals surface area (Å²) < 4.78 is 22.6. The number of rotatable bonds is 7. The number of fused-ring (bicyclic) bond motifs is 2. The number of H-pyrrole nitrogens is 1. The van der Waals surface area contributed by atoms with Crippen molar-refractivity contribution in [1.82, 2.24) is 9.97 Å². The fourth-order valence-electron chi connectivity index (χ4n) is 4.54. The van der Waals surface area contributed by atoms with Gasteiger partial charge in [0.25, 0.3) is 5.91 Å². The van der Waals surface area contributed by atoms with E-state index in [1.807, 2.05) is 62.4 Å². The number of allylic oxidation sites excluding steroid dienone is 1. The summed E-state index contributed by atoms with van der Waals surface area (Å²) in [5.41, 5.74) is 6.51. The van der Waals surface area contributed by atoms with E-state index >= 15 is 0 Å². The minimum Gasteiger partial charge on any atom is -0.496 e. The molecule has 188 valence electrons. The molecule has 0 radical (unpaired) electrons. The Balaban J connectivity index is 1.54. The summed E-state index contributed by atoms with van der Waals surface area (Å²) in [6.07, 6.45) is 3.25. The molecule has 5 rings (SSSR count). The van der Waals surface area contributed by atoms with Gasteiger partial charge in [-0.25, -0.2) is 4.98 Å². The highest BCUT2D eigenvalue weighted by Gasteiger charge is 2.20. The first-order chi connectivity index (χ1) is 17.9. The Bertz CT molecular complexity index is 1630. The second kappa shape index (κ2) is 9.73. The van der Waals surface area contributed by atoms with Crippen molar-refractivity contribution >= 4 is 39.4 Å². The van der Waals surface area contributed by atoms with Gasteiger partial charge in [0.2, 0.25) is 5.95 Å². The summed E-state index contributed by atoms with van der Waals surface area (Å²) in [6.45, 7) is 3.81. The zero-order valence-electron chi connectivity index (χ0n) is 21.3. The Morgan fingerprint density at radius 3 is 2.54 bits per heavy atom. The molecule has 0 aliphatic rings. The van der Waals surface area contributed by atoms with E-state index in [1.165, 1.54) is 6.08 Å². The SMILES string of the molecule is COc1ccc(-c2coc3c(C)c(OC)c(/C(C)=C/C(=O)Nc4nc5ccccc5[nH]4)cc23)cc1OC. The topological polar surface area (TPSA) is 98.6 Å². The van der Waals surface area contributed by atoms with Crippen LogP contribution in [-0.2, 0) is 4.79 Å². The fraction of sp³-hybridized carbons (Fsp3) is 0.172. The molecule has 1 amide bonds. The van der Waals surface area contributed by atoms with E-state index in [-0.39, 0.29) is 5.91 Å². The number of nitrogens with zero attached hydrogens (tertiary/aromatic N) is 1. The summed E-state index contributed by atoms with van der Waals surface area (Å²) in [6, 6.07) is 15.3. The van der Waals surface area contributed by atoms with E-state index in [1.54, 1.807) is 27.6 Å². The van der Waals surface area contributed by atoms with E-state index in [2.05, 4.69) is 15.3 Å². The molecule has 2 N–H and O–H groups in total. The standard InChI is InChI=1S/C29H27N3O5/c1-16(12-26(33)32-29-30-22-8-6-7-9-23(22)31-29)19-14-20-21(15-37-28(20)17(2)27(19)36-5)18-10-11-24(34-3)25(13-18)35-4/h6-15H,1-5H3,(H2,30,31,32,33)/b16-12+. The number of amides is 1. The number of aromatic nitrogens is 2. The fourth-order valence-corrected chi connectivity index (χ4v) is 4.54. The van der Waals surface area contributed by atoms with Crippen LogP contribution in [0.4, 0.5) is 5.95 Å². The third-order valence-electron chi connectivity index (χ3n) is 6.35. The maximum atomic E-state index is 12.9. The van der Waals surface area contributed by atoms with Crippen molar-refractivity contribution in [3.8, 4) is 28.4 Å². The van der Waals surface area contributed by atoms with Gasteiger partial charge in [0.05, 0.1) is 38.6 Å². The number of hydrogen-bond donors (Lipinski definition) is 2. The highest BCUT2D eigenvalue weighted by atomic mass is 16.5. The van der Waals surface area contributed by atoms with Crippen molar-refractivity contribution < 1.29 is 23.4 Å². The van der Waals surface area contributed by atoms with Gasteiger partial charge < -0.3 is 23.6 Å². The van der Waals surface area contributed by atoms with Crippen LogP contribution in [0.3, 0.4) is 0 Å². The van der Waals surface area contributed by atoms with Gasteiger partial charge in [0, 0.05) is 28.2 Å². The molecule has 0 atom stereocenters. The lowest BCUT2D eigenvalue weighted by Crippen LogP contribution is -2.10. The van der Waals surface area contributed by atoms with E-state index < -0.39 is 0 Å². The highest BCUT2D eigenvalue weighted by molar-refractivity contribution is 6.05. The second-order valence-electron chi connectivity index (χ2n) is 8.60. The number of anilines is 1. The number of para-hydroxylation sites is 2. The lowest BCUT2D eigenvalue weighted by molar-refractivity contribution is -0.111.